The number of ether oxygens (including phenoxy) is 1. The van der Waals surface area contributed by atoms with Crippen LogP contribution in [0.4, 0.5) is 5.82 Å². The number of halogens is 1. The lowest BCUT2D eigenvalue weighted by Gasteiger charge is -2.49. The third kappa shape index (κ3) is 2.77. The molecule has 0 amide bonds. The minimum atomic E-state index is -0.159. The summed E-state index contributed by atoms with van der Waals surface area (Å²) in [4.78, 5) is 11.0. The smallest absolute Gasteiger partial charge is 0.134 e. The van der Waals surface area contributed by atoms with Crippen LogP contribution in [0.1, 0.15) is 45.4 Å². The zero-order chi connectivity index (χ0) is 14.4. The van der Waals surface area contributed by atoms with Gasteiger partial charge < -0.3 is 9.64 Å². The topological polar surface area (TPSA) is 38.2 Å². The van der Waals surface area contributed by atoms with Gasteiger partial charge in [0.25, 0.3) is 0 Å². The van der Waals surface area contributed by atoms with Gasteiger partial charge in [-0.15, -0.1) is 0 Å². The van der Waals surface area contributed by atoms with Gasteiger partial charge in [0.2, 0.25) is 0 Å². The Hall–Kier alpha value is -0.870. The lowest BCUT2D eigenvalue weighted by atomic mass is 9.94. The van der Waals surface area contributed by atoms with Crippen LogP contribution in [0.5, 0.6) is 0 Å². The van der Waals surface area contributed by atoms with Crippen LogP contribution in [0.3, 0.4) is 0 Å². The van der Waals surface area contributed by atoms with Gasteiger partial charge in [0.15, 0.2) is 0 Å². The fourth-order valence-corrected chi connectivity index (χ4v) is 3.85. The molecule has 20 heavy (non-hydrogen) atoms. The van der Waals surface area contributed by atoms with Crippen molar-refractivity contribution in [1.29, 1.82) is 0 Å². The molecule has 2 heterocycles. The molecule has 0 atom stereocenters. The van der Waals surface area contributed by atoms with Crippen LogP contribution in [-0.2, 0) is 4.74 Å². The molecule has 3 rings (SSSR count). The second kappa shape index (κ2) is 4.85. The lowest BCUT2D eigenvalue weighted by Crippen LogP contribution is -2.59. The van der Waals surface area contributed by atoms with Gasteiger partial charge in [-0.25, -0.2) is 9.97 Å². The summed E-state index contributed by atoms with van der Waals surface area (Å²) in [6.45, 7) is 7.95. The predicted molar refractivity (Wildman–Crippen MR) is 80.4 cm³/mol. The van der Waals surface area contributed by atoms with Gasteiger partial charge in [-0.3, -0.25) is 0 Å². The van der Waals surface area contributed by atoms with Gasteiger partial charge >= 0.3 is 0 Å². The van der Waals surface area contributed by atoms with Crippen LogP contribution < -0.4 is 4.90 Å². The van der Waals surface area contributed by atoms with E-state index in [0.717, 1.165) is 37.6 Å². The van der Waals surface area contributed by atoms with E-state index in [0.29, 0.717) is 5.15 Å². The van der Waals surface area contributed by atoms with Crippen molar-refractivity contribution >= 4 is 17.4 Å². The maximum Gasteiger partial charge on any atom is 0.134 e. The summed E-state index contributed by atoms with van der Waals surface area (Å²) < 4.78 is 6.42. The van der Waals surface area contributed by atoms with E-state index in [9.17, 15) is 0 Å². The zero-order valence-electron chi connectivity index (χ0n) is 12.4. The Morgan fingerprint density at radius 3 is 2.55 bits per heavy atom. The Balaban J connectivity index is 1.92. The minimum absolute atomic E-state index is 0.00686. The number of rotatable bonds is 1. The van der Waals surface area contributed by atoms with Crippen molar-refractivity contribution in [2.45, 2.75) is 57.7 Å². The van der Waals surface area contributed by atoms with E-state index < -0.39 is 0 Å². The molecule has 1 aromatic heterocycles. The first-order chi connectivity index (χ1) is 9.38. The molecule has 4 nitrogen and oxygen atoms in total. The summed E-state index contributed by atoms with van der Waals surface area (Å²) in [7, 11) is 0. The first-order valence-corrected chi connectivity index (χ1v) is 7.72. The summed E-state index contributed by atoms with van der Waals surface area (Å²) in [5.41, 5.74) is -0.166. The fraction of sp³-hybridized carbons (Fsp3) is 0.733. The van der Waals surface area contributed by atoms with Crippen molar-refractivity contribution in [1.82, 2.24) is 9.97 Å². The van der Waals surface area contributed by atoms with E-state index in [2.05, 4.69) is 28.7 Å². The molecule has 1 spiro atoms. The maximum absolute atomic E-state index is 6.42. The molecule has 1 saturated heterocycles. The van der Waals surface area contributed by atoms with Crippen molar-refractivity contribution in [3.63, 3.8) is 0 Å². The largest absolute Gasteiger partial charge is 0.365 e. The average molecular weight is 296 g/mol. The highest BCUT2D eigenvalue weighted by Gasteiger charge is 2.46. The Morgan fingerprint density at radius 2 is 1.90 bits per heavy atom. The number of nitrogens with zero attached hydrogens (tertiary/aromatic N) is 3. The number of aryl methyl sites for hydroxylation is 1. The highest BCUT2D eigenvalue weighted by molar-refractivity contribution is 6.29. The molecule has 1 aromatic rings. The molecular formula is C15H22ClN3O. The Bertz CT molecular complexity index is 492. The highest BCUT2D eigenvalue weighted by atomic mass is 35.5. The molecule has 1 aliphatic carbocycles. The second-order valence-corrected chi connectivity index (χ2v) is 7.09. The van der Waals surface area contributed by atoms with Crippen LogP contribution in [0.2, 0.25) is 5.15 Å². The zero-order valence-corrected chi connectivity index (χ0v) is 13.2. The monoisotopic (exact) mass is 295 g/mol. The maximum atomic E-state index is 6.42. The quantitative estimate of drug-likeness (QED) is 0.745. The van der Waals surface area contributed by atoms with Crippen molar-refractivity contribution in [2.24, 2.45) is 0 Å². The predicted octanol–water partition coefficient (Wildman–Crippen LogP) is 3.37. The van der Waals surface area contributed by atoms with Crippen molar-refractivity contribution in [2.75, 3.05) is 18.0 Å². The van der Waals surface area contributed by atoms with Gasteiger partial charge in [-0.05, 0) is 33.6 Å². The first kappa shape index (κ1) is 14.1. The van der Waals surface area contributed by atoms with Crippen LogP contribution in [0.15, 0.2) is 6.07 Å². The fourth-order valence-electron chi connectivity index (χ4n) is 3.63. The molecule has 2 aliphatic rings. The van der Waals surface area contributed by atoms with Crippen LogP contribution in [-0.4, -0.2) is 34.3 Å². The molecule has 1 saturated carbocycles. The van der Waals surface area contributed by atoms with Crippen LogP contribution >= 0.6 is 11.6 Å². The first-order valence-electron chi connectivity index (χ1n) is 7.34. The summed E-state index contributed by atoms with van der Waals surface area (Å²) >= 11 is 6.08. The molecular weight excluding hydrogens is 274 g/mol. The van der Waals surface area contributed by atoms with E-state index in [-0.39, 0.29) is 11.2 Å². The third-order valence-corrected chi connectivity index (χ3v) is 4.37. The molecule has 110 valence electrons. The molecule has 1 aliphatic heterocycles. The standard InChI is InChI=1S/C15H22ClN3O/c1-11-17-12(16)8-13(18-11)19-9-14(2,3)20-15(10-19)6-4-5-7-15/h8H,4-7,9-10H2,1-3H3. The summed E-state index contributed by atoms with van der Waals surface area (Å²) in [6, 6.07) is 1.86. The SMILES string of the molecule is Cc1nc(Cl)cc(N2CC(C)(C)OC3(CCCC3)C2)n1. The van der Waals surface area contributed by atoms with Crippen LogP contribution in [0, 0.1) is 6.92 Å². The molecule has 0 unspecified atom stereocenters. The van der Waals surface area contributed by atoms with E-state index in [1.165, 1.54) is 12.8 Å². The van der Waals surface area contributed by atoms with E-state index in [1.54, 1.807) is 0 Å². The van der Waals surface area contributed by atoms with Crippen molar-refractivity contribution in [3.8, 4) is 0 Å². The van der Waals surface area contributed by atoms with Crippen LogP contribution in [0.25, 0.3) is 0 Å². The summed E-state index contributed by atoms with van der Waals surface area (Å²) in [6.07, 6.45) is 4.80. The van der Waals surface area contributed by atoms with Gasteiger partial charge in [0.05, 0.1) is 11.2 Å². The third-order valence-electron chi connectivity index (χ3n) is 4.18. The molecule has 0 aromatic carbocycles. The Morgan fingerprint density at radius 1 is 1.20 bits per heavy atom. The summed E-state index contributed by atoms with van der Waals surface area (Å²) in [5.74, 6) is 1.64. The second-order valence-electron chi connectivity index (χ2n) is 6.70. The lowest BCUT2D eigenvalue weighted by molar-refractivity contribution is -0.148. The molecule has 0 N–H and O–H groups in total. The number of hydrogen-bond donors (Lipinski definition) is 0. The molecule has 2 fully saturated rings. The number of aromatic nitrogens is 2. The van der Waals surface area contributed by atoms with E-state index >= 15 is 0 Å². The Kier molecular flexibility index (Phi) is 3.41. The molecule has 0 bridgehead atoms. The number of morpholine rings is 1. The van der Waals surface area contributed by atoms with Crippen molar-refractivity contribution in [3.05, 3.63) is 17.0 Å². The van der Waals surface area contributed by atoms with E-state index in [4.69, 9.17) is 16.3 Å². The van der Waals surface area contributed by atoms with Gasteiger partial charge in [-0.2, -0.15) is 0 Å². The summed E-state index contributed by atoms with van der Waals surface area (Å²) in [5, 5.41) is 0.511. The molecule has 5 heteroatoms. The van der Waals surface area contributed by atoms with Gasteiger partial charge in [-0.1, -0.05) is 24.4 Å². The van der Waals surface area contributed by atoms with Gasteiger partial charge in [0.1, 0.15) is 16.8 Å². The van der Waals surface area contributed by atoms with E-state index in [1.807, 2.05) is 13.0 Å². The Labute approximate surface area is 125 Å². The highest BCUT2D eigenvalue weighted by Crippen LogP contribution is 2.41. The average Bonchev–Trinajstić information content (AvgIpc) is 2.73. The normalized spacial score (nSPS) is 24.3. The van der Waals surface area contributed by atoms with Gasteiger partial charge in [0, 0.05) is 19.2 Å². The number of hydrogen-bond acceptors (Lipinski definition) is 4. The molecule has 0 radical (unpaired) electrons. The number of anilines is 1. The minimum Gasteiger partial charge on any atom is -0.365 e. The van der Waals surface area contributed by atoms with Crippen molar-refractivity contribution < 1.29 is 4.74 Å².